The minimum absolute atomic E-state index is 0. The number of carbonyl (C=O) groups is 3. The van der Waals surface area contributed by atoms with E-state index in [0.717, 1.165) is 89.1 Å². The number of benzene rings is 2. The van der Waals surface area contributed by atoms with Gasteiger partial charge in [-0.25, -0.2) is 24.7 Å². The van der Waals surface area contributed by atoms with Gasteiger partial charge < -0.3 is 29.8 Å². The Morgan fingerprint density at radius 3 is 2.22 bits per heavy atom. The second kappa shape index (κ2) is 18.6. The molecule has 3 aromatic heterocycles. The zero-order valence-electron chi connectivity index (χ0n) is 33.8. The van der Waals surface area contributed by atoms with Crippen LogP contribution in [0, 0.1) is 23.2 Å². The number of H-pyrrole nitrogens is 2. The van der Waals surface area contributed by atoms with E-state index in [-0.39, 0.29) is 101 Å². The number of nitrogens with one attached hydrogen (secondary N) is 3. The van der Waals surface area contributed by atoms with E-state index in [1.165, 1.54) is 7.11 Å². The lowest BCUT2D eigenvalue weighted by atomic mass is 9.96. The average molecular weight is 868 g/mol. The van der Waals surface area contributed by atoms with Crippen LogP contribution in [-0.4, -0.2) is 83.9 Å². The molecule has 3 aliphatic rings. The van der Waals surface area contributed by atoms with Crippen molar-refractivity contribution in [1.82, 2.24) is 45.0 Å². The van der Waals surface area contributed by atoms with Gasteiger partial charge in [0.2, 0.25) is 11.8 Å². The Morgan fingerprint density at radius 1 is 0.810 bits per heavy atom. The number of carbonyl (C=O) groups excluding carboxylic acids is 3. The second-order valence-electron chi connectivity index (χ2n) is 16.3. The second-order valence-corrected chi connectivity index (χ2v) is 16.3. The van der Waals surface area contributed by atoms with Crippen molar-refractivity contribution >= 4 is 93.8 Å². The first-order valence-electron chi connectivity index (χ1n) is 19.2. The predicted octanol–water partition coefficient (Wildman–Crippen LogP) is 7.40. The van der Waals surface area contributed by atoms with Crippen molar-refractivity contribution in [2.75, 3.05) is 20.2 Å². The summed E-state index contributed by atoms with van der Waals surface area (Å²) in [5, 5.41) is 3.65. The summed E-state index contributed by atoms with van der Waals surface area (Å²) < 4.78 is 4.82. The summed E-state index contributed by atoms with van der Waals surface area (Å²) >= 11 is 0. The van der Waals surface area contributed by atoms with Crippen molar-refractivity contribution in [3.05, 3.63) is 60.4 Å². The van der Waals surface area contributed by atoms with Crippen molar-refractivity contribution in [1.29, 1.82) is 0 Å². The van der Waals surface area contributed by atoms with E-state index in [2.05, 4.69) is 35.2 Å². The minimum Gasteiger partial charge on any atom is -0.453 e. The maximum Gasteiger partial charge on any atom is 0.407 e. The van der Waals surface area contributed by atoms with E-state index in [0.29, 0.717) is 12.4 Å². The summed E-state index contributed by atoms with van der Waals surface area (Å²) in [6, 6.07) is 11.1. The van der Waals surface area contributed by atoms with Gasteiger partial charge in [-0.05, 0) is 79.7 Å². The molecule has 17 heteroatoms. The highest BCUT2D eigenvalue weighted by molar-refractivity contribution is 7.59. The van der Waals surface area contributed by atoms with Gasteiger partial charge in [0.05, 0.1) is 47.6 Å². The van der Waals surface area contributed by atoms with Crippen LogP contribution in [0.1, 0.15) is 90.5 Å². The first kappa shape index (κ1) is 46.8. The number of ether oxygens (including phenoxy) is 1. The Kier molecular flexibility index (Phi) is 15.0. The summed E-state index contributed by atoms with van der Waals surface area (Å²) in [5.74, 6) is 2.40. The van der Waals surface area contributed by atoms with Crippen molar-refractivity contribution in [3.8, 4) is 22.6 Å². The molecule has 13 nitrogen and oxygen atoms in total. The van der Waals surface area contributed by atoms with E-state index < -0.39 is 12.1 Å². The molecule has 1 spiro atoms. The molecule has 58 heavy (non-hydrogen) atoms. The fourth-order valence-electron chi connectivity index (χ4n) is 8.13. The maximum absolute atomic E-state index is 13.9. The SMILES string of the molecule is COC(=O)N[C@H](C(=O)N1CC2(CC2)C[C@H]1c1nc2ccc(-c3ncc4cc(-c5cnc([C@@H]6CCCN6C(=O)[C@@H](C)C(C)C)[nH]5)ccc4n3)cc2[nH]1)C(C)C.S.S.S.S. The molecule has 1 aliphatic carbocycles. The molecule has 2 aromatic carbocycles. The molecule has 2 aliphatic heterocycles. The Hall–Kier alpha value is -3.93. The maximum atomic E-state index is 13.9. The first-order chi connectivity index (χ1) is 25.9. The zero-order valence-corrected chi connectivity index (χ0v) is 37.8. The summed E-state index contributed by atoms with van der Waals surface area (Å²) in [7, 11) is 1.30. The first-order valence-corrected chi connectivity index (χ1v) is 19.2. The van der Waals surface area contributed by atoms with E-state index in [4.69, 9.17) is 24.7 Å². The number of likely N-dealkylation sites (tertiary alicyclic amines) is 2. The smallest absolute Gasteiger partial charge is 0.407 e. The Morgan fingerprint density at radius 2 is 1.53 bits per heavy atom. The molecule has 314 valence electrons. The normalized spacial score (nSPS) is 19.0. The molecular weight excluding hydrogens is 811 g/mol. The number of fused-ring (bicyclic) bond motifs is 2. The topological polar surface area (TPSA) is 162 Å². The molecule has 3 N–H and O–H groups in total. The van der Waals surface area contributed by atoms with Crippen molar-refractivity contribution in [2.24, 2.45) is 23.2 Å². The van der Waals surface area contributed by atoms with Crippen LogP contribution in [0.15, 0.2) is 48.8 Å². The molecular formula is C41H57N9O4S4. The fraction of sp³-hybridized carbons (Fsp3) is 0.488. The Bertz CT molecular complexity index is 2260. The van der Waals surface area contributed by atoms with E-state index in [1.54, 1.807) is 0 Å². The minimum atomic E-state index is -0.693. The molecule has 8 rings (SSSR count). The number of hydrogen-bond donors (Lipinski definition) is 3. The number of methoxy groups -OCH3 is 1. The molecule has 5 heterocycles. The molecule has 0 radical (unpaired) electrons. The summed E-state index contributed by atoms with van der Waals surface area (Å²) in [6.07, 6.45) is 7.94. The number of alkyl carbamates (subject to hydrolysis) is 1. The molecule has 5 aromatic rings. The van der Waals surface area contributed by atoms with Crippen molar-refractivity contribution in [2.45, 2.75) is 84.8 Å². The van der Waals surface area contributed by atoms with Gasteiger partial charge >= 0.3 is 6.09 Å². The van der Waals surface area contributed by atoms with Gasteiger partial charge in [0.1, 0.15) is 17.7 Å². The average Bonchev–Trinajstić information content (AvgIpc) is 3.66. The number of hydrogen-bond acceptors (Lipinski definition) is 8. The van der Waals surface area contributed by atoms with Gasteiger partial charge in [0.15, 0.2) is 5.82 Å². The standard InChI is InChI=1S/C41H49N9O4.4H2S/c1-22(2)24(5)38(51)49-15-7-8-32(49)36-43-20-31(47-36)25-9-11-28-27(16-25)19-42-35(44-28)26-10-12-29-30(17-26)46-37(45-29)33-18-41(13-14-41)21-50(33)39(52)34(23(3)4)48-40(53)54-6;;;;/h9-12,16-17,19-20,22-24,32-34H,7-8,13-15,18,21H2,1-6H3,(H,43,47)(H,45,46)(H,48,53);4*1H2/t24-,32-,33-,34-;;;;/m0..../s1. The highest BCUT2D eigenvalue weighted by Crippen LogP contribution is 2.58. The summed E-state index contributed by atoms with van der Waals surface area (Å²) in [6.45, 7) is 11.5. The molecule has 0 unspecified atom stereocenters. The third-order valence-electron chi connectivity index (χ3n) is 11.9. The monoisotopic (exact) mass is 867 g/mol. The number of imidazole rings is 2. The van der Waals surface area contributed by atoms with Crippen LogP contribution in [0.25, 0.3) is 44.6 Å². The third-order valence-corrected chi connectivity index (χ3v) is 11.9. The summed E-state index contributed by atoms with van der Waals surface area (Å²) in [5.41, 5.74) is 5.29. The number of amides is 3. The molecule has 3 amide bonds. The highest BCUT2D eigenvalue weighted by atomic mass is 32.1. The quantitative estimate of drug-likeness (QED) is 0.138. The van der Waals surface area contributed by atoms with E-state index >= 15 is 0 Å². The largest absolute Gasteiger partial charge is 0.453 e. The Balaban J connectivity index is 0.00000186. The van der Waals surface area contributed by atoms with Gasteiger partial charge in [-0.15, -0.1) is 0 Å². The number of aromatic amines is 2. The lowest BCUT2D eigenvalue weighted by Gasteiger charge is -2.30. The number of rotatable bonds is 9. The molecule has 0 bridgehead atoms. The summed E-state index contributed by atoms with van der Waals surface area (Å²) in [4.78, 5) is 69.5. The van der Waals surface area contributed by atoms with Gasteiger partial charge in [-0.3, -0.25) is 9.59 Å². The van der Waals surface area contributed by atoms with Crippen molar-refractivity contribution < 1.29 is 19.1 Å². The van der Waals surface area contributed by atoms with Crippen LogP contribution >= 0.6 is 54.0 Å². The van der Waals surface area contributed by atoms with Crippen LogP contribution in [-0.2, 0) is 14.3 Å². The number of aromatic nitrogens is 6. The van der Waals surface area contributed by atoms with Crippen LogP contribution in [0.5, 0.6) is 0 Å². The van der Waals surface area contributed by atoms with Gasteiger partial charge in [-0.2, -0.15) is 54.0 Å². The molecule has 3 fully saturated rings. The van der Waals surface area contributed by atoms with E-state index in [9.17, 15) is 14.4 Å². The Labute approximate surface area is 367 Å². The van der Waals surface area contributed by atoms with Crippen molar-refractivity contribution in [3.63, 3.8) is 0 Å². The zero-order chi connectivity index (χ0) is 37.9. The molecule has 1 saturated carbocycles. The van der Waals surface area contributed by atoms with Crippen LogP contribution in [0.3, 0.4) is 0 Å². The lowest BCUT2D eigenvalue weighted by molar-refractivity contribution is -0.137. The number of nitrogens with zero attached hydrogens (tertiary/aromatic N) is 6. The third kappa shape index (κ3) is 8.97. The van der Waals surface area contributed by atoms with Gasteiger partial charge in [0, 0.05) is 41.7 Å². The predicted molar refractivity (Wildman–Crippen MR) is 246 cm³/mol. The highest BCUT2D eigenvalue weighted by Gasteiger charge is 2.55. The fourth-order valence-corrected chi connectivity index (χ4v) is 8.13. The molecule has 4 atom stereocenters. The van der Waals surface area contributed by atoms with Crippen LogP contribution < -0.4 is 5.32 Å². The van der Waals surface area contributed by atoms with Crippen LogP contribution in [0.4, 0.5) is 4.79 Å². The van der Waals surface area contributed by atoms with Crippen LogP contribution in [0.2, 0.25) is 0 Å². The van der Waals surface area contributed by atoms with Gasteiger partial charge in [-0.1, -0.05) is 40.7 Å². The van der Waals surface area contributed by atoms with Gasteiger partial charge in [0.25, 0.3) is 0 Å². The lowest BCUT2D eigenvalue weighted by Crippen LogP contribution is -2.51. The molecule has 2 saturated heterocycles. The van der Waals surface area contributed by atoms with E-state index in [1.807, 2.05) is 73.3 Å².